The van der Waals surface area contributed by atoms with E-state index >= 15 is 0 Å². The van der Waals surface area contributed by atoms with Crippen molar-refractivity contribution < 1.29 is 13.2 Å². The Bertz CT molecular complexity index is 683. The van der Waals surface area contributed by atoms with E-state index in [-0.39, 0.29) is 17.3 Å². The van der Waals surface area contributed by atoms with Crippen LogP contribution in [0.25, 0.3) is 0 Å². The van der Waals surface area contributed by atoms with Crippen LogP contribution in [0.4, 0.5) is 0 Å². The first-order valence-electron chi connectivity index (χ1n) is 8.84. The molecule has 1 aromatic heterocycles. The number of amides is 1. The first-order valence-corrected chi connectivity index (χ1v) is 10.3. The molecule has 1 aromatic rings. The molecule has 0 radical (unpaired) electrons. The van der Waals surface area contributed by atoms with Gasteiger partial charge < -0.3 is 10.2 Å². The third kappa shape index (κ3) is 4.77. The molecular formula is C17H26N4O3S. The average molecular weight is 366 g/mol. The molecular weight excluding hydrogens is 340 g/mol. The topological polar surface area (TPSA) is 82.6 Å². The van der Waals surface area contributed by atoms with Gasteiger partial charge in [-0.05, 0) is 50.3 Å². The lowest BCUT2D eigenvalue weighted by Gasteiger charge is -2.33. The third-order valence-corrected chi connectivity index (χ3v) is 6.73. The van der Waals surface area contributed by atoms with E-state index in [4.69, 9.17) is 0 Å². The van der Waals surface area contributed by atoms with Gasteiger partial charge in [0.2, 0.25) is 15.9 Å². The molecule has 1 aliphatic heterocycles. The minimum absolute atomic E-state index is 0.105. The molecule has 0 spiro atoms. The van der Waals surface area contributed by atoms with Crippen LogP contribution >= 0.6 is 0 Å². The lowest BCUT2D eigenvalue weighted by molar-refractivity contribution is -0.132. The number of piperidine rings is 1. The molecule has 3 rings (SSSR count). The molecule has 0 atom stereocenters. The summed E-state index contributed by atoms with van der Waals surface area (Å²) in [5.74, 6) is 0.710. The molecule has 2 aliphatic rings. The molecule has 7 nitrogen and oxygen atoms in total. The first kappa shape index (κ1) is 18.3. The zero-order valence-electron chi connectivity index (χ0n) is 14.6. The lowest BCUT2D eigenvalue weighted by atomic mass is 10.0. The highest BCUT2D eigenvalue weighted by Crippen LogP contribution is 2.28. The van der Waals surface area contributed by atoms with Gasteiger partial charge >= 0.3 is 0 Å². The van der Waals surface area contributed by atoms with Crippen molar-refractivity contribution in [1.29, 1.82) is 0 Å². The number of nitrogens with zero attached hydrogens (tertiary/aromatic N) is 3. The van der Waals surface area contributed by atoms with Crippen molar-refractivity contribution in [3.63, 3.8) is 0 Å². The quantitative estimate of drug-likeness (QED) is 0.768. The number of hydrogen-bond acceptors (Lipinski definition) is 5. The fourth-order valence-electron chi connectivity index (χ4n) is 3.04. The summed E-state index contributed by atoms with van der Waals surface area (Å²) < 4.78 is 26.0. The molecule has 1 amide bonds. The molecule has 25 heavy (non-hydrogen) atoms. The molecule has 1 saturated carbocycles. The second kappa shape index (κ2) is 7.80. The smallest absolute Gasteiger partial charge is 0.244 e. The normalized spacial score (nSPS) is 19.4. The van der Waals surface area contributed by atoms with Crippen LogP contribution in [0, 0.1) is 5.92 Å². The van der Waals surface area contributed by atoms with Crippen LogP contribution in [0.5, 0.6) is 0 Å². The Morgan fingerprint density at radius 1 is 1.32 bits per heavy atom. The number of hydrogen-bond donors (Lipinski definition) is 1. The van der Waals surface area contributed by atoms with Gasteiger partial charge in [-0.3, -0.25) is 9.78 Å². The van der Waals surface area contributed by atoms with Crippen molar-refractivity contribution in [3.8, 4) is 0 Å². The summed E-state index contributed by atoms with van der Waals surface area (Å²) >= 11 is 0. The number of sulfonamides is 1. The molecule has 2 fully saturated rings. The van der Waals surface area contributed by atoms with E-state index in [9.17, 15) is 13.2 Å². The Morgan fingerprint density at radius 3 is 2.64 bits per heavy atom. The van der Waals surface area contributed by atoms with Gasteiger partial charge in [0, 0.05) is 38.6 Å². The Balaban J connectivity index is 1.48. The number of likely N-dealkylation sites (tertiary alicyclic amines) is 1. The minimum Gasteiger partial charge on any atom is -0.341 e. The van der Waals surface area contributed by atoms with Crippen molar-refractivity contribution in [2.45, 2.75) is 36.6 Å². The molecule has 138 valence electrons. The van der Waals surface area contributed by atoms with Crippen LogP contribution in [-0.2, 0) is 14.8 Å². The Labute approximate surface area is 149 Å². The van der Waals surface area contributed by atoms with Crippen LogP contribution in [-0.4, -0.2) is 67.8 Å². The van der Waals surface area contributed by atoms with Gasteiger partial charge in [-0.1, -0.05) is 0 Å². The summed E-state index contributed by atoms with van der Waals surface area (Å²) in [6.45, 7) is 2.31. The van der Waals surface area contributed by atoms with Crippen molar-refractivity contribution in [2.24, 2.45) is 5.92 Å². The molecule has 1 aliphatic carbocycles. The van der Waals surface area contributed by atoms with Gasteiger partial charge in [-0.25, -0.2) is 8.42 Å². The monoisotopic (exact) mass is 366 g/mol. The second-order valence-electron chi connectivity index (χ2n) is 6.96. The fourth-order valence-corrected chi connectivity index (χ4v) is 4.13. The molecule has 0 unspecified atom stereocenters. The lowest BCUT2D eigenvalue weighted by Crippen LogP contribution is -2.48. The van der Waals surface area contributed by atoms with Crippen molar-refractivity contribution in [2.75, 3.05) is 33.2 Å². The first-order chi connectivity index (χ1) is 12.0. The number of nitrogens with one attached hydrogen (secondary N) is 1. The van der Waals surface area contributed by atoms with E-state index in [0.717, 1.165) is 29.6 Å². The predicted octanol–water partition coefficient (Wildman–Crippen LogP) is 0.693. The summed E-state index contributed by atoms with van der Waals surface area (Å²) in [6, 6.07) is 3.53. The van der Waals surface area contributed by atoms with Crippen LogP contribution < -0.4 is 5.32 Å². The predicted molar refractivity (Wildman–Crippen MR) is 94.4 cm³/mol. The Hall–Kier alpha value is -1.51. The van der Waals surface area contributed by atoms with E-state index < -0.39 is 10.0 Å². The van der Waals surface area contributed by atoms with E-state index in [1.54, 1.807) is 11.0 Å². The van der Waals surface area contributed by atoms with Crippen molar-refractivity contribution >= 4 is 15.9 Å². The van der Waals surface area contributed by atoms with E-state index in [2.05, 4.69) is 10.3 Å². The maximum absolute atomic E-state index is 12.5. The number of rotatable bonds is 7. The number of carbonyl (C=O) groups excluding carboxylic acids is 1. The number of carbonyl (C=O) groups is 1. The van der Waals surface area contributed by atoms with Gasteiger partial charge in [0.05, 0.1) is 6.54 Å². The van der Waals surface area contributed by atoms with Gasteiger partial charge in [-0.15, -0.1) is 0 Å². The summed E-state index contributed by atoms with van der Waals surface area (Å²) in [6.07, 6.45) is 7.35. The van der Waals surface area contributed by atoms with Gasteiger partial charge in [0.1, 0.15) is 4.90 Å². The summed E-state index contributed by atoms with van der Waals surface area (Å²) in [7, 11) is -2.25. The van der Waals surface area contributed by atoms with Gasteiger partial charge in [0.15, 0.2) is 0 Å². The Kier molecular flexibility index (Phi) is 5.71. The largest absolute Gasteiger partial charge is 0.341 e. The minimum atomic E-state index is -3.68. The highest BCUT2D eigenvalue weighted by atomic mass is 32.2. The Morgan fingerprint density at radius 2 is 2.04 bits per heavy atom. The fraction of sp³-hybridized carbons (Fsp3) is 0.647. The molecule has 1 saturated heterocycles. The second-order valence-corrected chi connectivity index (χ2v) is 9.00. The van der Waals surface area contributed by atoms with Crippen LogP contribution in [0.2, 0.25) is 0 Å². The maximum Gasteiger partial charge on any atom is 0.244 e. The highest BCUT2D eigenvalue weighted by Gasteiger charge is 2.28. The number of likely N-dealkylation sites (N-methyl/N-ethyl adjacent to an activating group) is 1. The van der Waals surface area contributed by atoms with Gasteiger partial charge in [0.25, 0.3) is 0 Å². The molecule has 8 heteroatoms. The third-order valence-electron chi connectivity index (χ3n) is 4.94. The molecule has 0 bridgehead atoms. The van der Waals surface area contributed by atoms with E-state index in [0.29, 0.717) is 19.1 Å². The molecule has 2 heterocycles. The molecule has 0 aromatic carbocycles. The average Bonchev–Trinajstić information content (AvgIpc) is 3.45. The van der Waals surface area contributed by atoms with E-state index in [1.807, 2.05) is 0 Å². The maximum atomic E-state index is 12.5. The van der Waals surface area contributed by atoms with Crippen LogP contribution in [0.1, 0.15) is 25.7 Å². The summed E-state index contributed by atoms with van der Waals surface area (Å²) in [5, 5.41) is 3.58. The standard InChI is InChI=1S/C17H26N4O3S/c1-20(25(23,24)16-3-2-8-18-12-16)13-17(22)21-9-6-15(7-10-21)19-11-14-4-5-14/h2-3,8,12,14-15,19H,4-7,9-11,13H2,1H3. The van der Waals surface area contributed by atoms with Gasteiger partial charge in [-0.2, -0.15) is 4.31 Å². The zero-order chi connectivity index (χ0) is 17.9. The zero-order valence-corrected chi connectivity index (χ0v) is 15.4. The summed E-state index contributed by atoms with van der Waals surface area (Å²) in [4.78, 5) is 18.2. The number of pyridine rings is 1. The van der Waals surface area contributed by atoms with Crippen LogP contribution in [0.15, 0.2) is 29.4 Å². The summed E-state index contributed by atoms with van der Waals surface area (Å²) in [5.41, 5.74) is 0. The molecule has 1 N–H and O–H groups in total. The van der Waals surface area contributed by atoms with Crippen LogP contribution in [0.3, 0.4) is 0 Å². The van der Waals surface area contributed by atoms with E-state index in [1.165, 1.54) is 38.3 Å². The highest BCUT2D eigenvalue weighted by molar-refractivity contribution is 7.89. The SMILES string of the molecule is CN(CC(=O)N1CCC(NCC2CC2)CC1)S(=O)(=O)c1cccnc1. The van der Waals surface area contributed by atoms with Crippen molar-refractivity contribution in [1.82, 2.24) is 19.5 Å². The van der Waals surface area contributed by atoms with Crippen molar-refractivity contribution in [3.05, 3.63) is 24.5 Å². The number of aromatic nitrogens is 1.